The Balaban J connectivity index is 0.000000280. The summed E-state index contributed by atoms with van der Waals surface area (Å²) < 4.78 is 110. The number of halogens is 6. The van der Waals surface area contributed by atoms with Gasteiger partial charge in [0.25, 0.3) is 0 Å². The van der Waals surface area contributed by atoms with Crippen molar-refractivity contribution in [3.63, 3.8) is 0 Å². The van der Waals surface area contributed by atoms with E-state index in [0.29, 0.717) is 120 Å². The zero-order valence-electron chi connectivity index (χ0n) is 41.2. The molecule has 0 saturated heterocycles. The van der Waals surface area contributed by atoms with E-state index in [2.05, 4.69) is 54.8 Å². The Kier molecular flexibility index (Phi) is 23.1. The summed E-state index contributed by atoms with van der Waals surface area (Å²) >= 11 is 0. The Labute approximate surface area is 416 Å². The summed E-state index contributed by atoms with van der Waals surface area (Å²) in [4.78, 5) is 23.7. The number of rotatable bonds is 8. The number of para-hydroxylation sites is 2. The summed E-state index contributed by atoms with van der Waals surface area (Å²) in [5, 5.41) is 5.05. The number of ether oxygens (including phenoxy) is 9. The molecule has 0 atom stereocenters. The molecule has 0 saturated carbocycles. The molecule has 0 aliphatic carbocycles. The van der Waals surface area contributed by atoms with Crippen LogP contribution >= 0.6 is 7.81 Å². The minimum atomic E-state index is -10.7. The van der Waals surface area contributed by atoms with E-state index in [0.717, 1.165) is 29.8 Å². The molecule has 3 N–H and O–H groups in total. The van der Waals surface area contributed by atoms with Crippen LogP contribution in [0.3, 0.4) is 0 Å². The molecule has 5 aromatic rings. The summed E-state index contributed by atoms with van der Waals surface area (Å²) in [6, 6.07) is 33.5. The molecule has 13 nitrogen and oxygen atoms in total. The molecular weight excluding hydrogens is 974 g/mol. The third-order valence-corrected chi connectivity index (χ3v) is 9.69. The first-order valence-corrected chi connectivity index (χ1v) is 25.2. The molecule has 0 aromatic heterocycles. The van der Waals surface area contributed by atoms with Crippen LogP contribution in [-0.2, 0) is 48.2 Å². The summed E-state index contributed by atoms with van der Waals surface area (Å²) in [5.41, 5.74) is 9.62. The van der Waals surface area contributed by atoms with Gasteiger partial charge in [-0.2, -0.15) is 0 Å². The van der Waals surface area contributed by atoms with E-state index in [9.17, 15) is 34.8 Å². The Morgan fingerprint density at radius 3 is 1.35 bits per heavy atom. The summed E-state index contributed by atoms with van der Waals surface area (Å²) in [6.07, 6.45) is 0. The number of nitrogens with two attached hydrogens (primary N) is 1. The number of carbonyl (C=O) groups is 2. The molecule has 1 heterocycles. The fraction of sp³-hybridized carbons (Fsp3) is 0.385. The fourth-order valence-corrected chi connectivity index (χ4v) is 6.88. The van der Waals surface area contributed by atoms with Gasteiger partial charge in [0.15, 0.2) is 23.0 Å². The maximum absolute atomic E-state index is 12.3. The first kappa shape index (κ1) is 58.6. The van der Waals surface area contributed by atoms with Gasteiger partial charge in [-0.05, 0) is 69.7 Å². The number of fused-ring (bicyclic) bond motifs is 2. The van der Waals surface area contributed by atoms with Gasteiger partial charge in [0.1, 0.15) is 46.1 Å². The van der Waals surface area contributed by atoms with Crippen LogP contribution < -0.4 is 29.6 Å². The van der Waals surface area contributed by atoms with Crippen molar-refractivity contribution >= 4 is 25.4 Å². The average Bonchev–Trinajstić information content (AvgIpc) is 3.29. The van der Waals surface area contributed by atoms with Crippen molar-refractivity contribution in [3.05, 3.63) is 148 Å². The number of carbonyl (C=O) groups excluding carboxylic acids is 2. The molecule has 20 heteroatoms. The third-order valence-electron chi connectivity index (χ3n) is 9.69. The number of amides is 1. The molecule has 0 radical (unpaired) electrons. The molecule has 72 heavy (non-hydrogen) atoms. The van der Waals surface area contributed by atoms with Crippen molar-refractivity contribution in [1.82, 2.24) is 0 Å². The van der Waals surface area contributed by atoms with E-state index in [1.165, 1.54) is 29.2 Å². The van der Waals surface area contributed by atoms with Crippen molar-refractivity contribution in [2.45, 2.75) is 54.3 Å². The zero-order chi connectivity index (χ0) is 52.5. The summed E-state index contributed by atoms with van der Waals surface area (Å²) in [6.45, 7) is 16.7. The van der Waals surface area contributed by atoms with Crippen LogP contribution in [0.1, 0.15) is 56.2 Å². The number of aryl methyl sites for hydroxylation is 4. The van der Waals surface area contributed by atoms with Gasteiger partial charge in [-0.15, -0.1) is 0 Å². The van der Waals surface area contributed by atoms with Crippen molar-refractivity contribution in [2.75, 3.05) is 84.6 Å². The van der Waals surface area contributed by atoms with Crippen molar-refractivity contribution < 1.29 is 82.7 Å². The van der Waals surface area contributed by atoms with Crippen LogP contribution in [0.15, 0.2) is 103 Å². The molecule has 1 aliphatic heterocycles. The quantitative estimate of drug-likeness (QED) is 0.0870. The van der Waals surface area contributed by atoms with Gasteiger partial charge in [-0.25, -0.2) is 4.79 Å². The monoisotopic (exact) mass is 1040 g/mol. The van der Waals surface area contributed by atoms with Crippen LogP contribution in [0.4, 0.5) is 30.9 Å². The van der Waals surface area contributed by atoms with Gasteiger partial charge in [0, 0.05) is 29.8 Å². The van der Waals surface area contributed by atoms with E-state index < -0.39 is 7.81 Å². The number of esters is 1. The first-order valence-electron chi connectivity index (χ1n) is 23.2. The average molecular weight is 1040 g/mol. The van der Waals surface area contributed by atoms with Crippen LogP contribution in [-0.4, -0.2) is 91.2 Å². The van der Waals surface area contributed by atoms with Gasteiger partial charge in [0.05, 0.1) is 58.4 Å². The molecular formula is C52H65F6N2O11P. The van der Waals surface area contributed by atoms with Crippen LogP contribution in [0.2, 0.25) is 0 Å². The van der Waals surface area contributed by atoms with Gasteiger partial charge in [-0.1, -0.05) is 82.9 Å². The predicted octanol–water partition coefficient (Wildman–Crippen LogP) is 10.9. The number of nitrogens with one attached hydrogen (secondary N) is 1. The van der Waals surface area contributed by atoms with E-state index >= 15 is 0 Å². The van der Waals surface area contributed by atoms with E-state index in [4.69, 9.17) is 42.6 Å². The summed E-state index contributed by atoms with van der Waals surface area (Å²) in [5.74, 6) is 1.95. The Morgan fingerprint density at radius 1 is 0.500 bits per heavy atom. The molecule has 0 fully saturated rings. The molecule has 1 amide bonds. The molecule has 396 valence electrons. The predicted molar refractivity (Wildman–Crippen MR) is 263 cm³/mol. The van der Waals surface area contributed by atoms with Gasteiger partial charge < -0.3 is 53.3 Å². The molecule has 5 aromatic carbocycles. The Morgan fingerprint density at radius 2 is 0.889 bits per heavy atom. The standard InChI is InChI=1S/C26H35NO9.C26H29NO2.F6P/c1-21(28)27-22-6-7-25-26(20-22)36-19-15-32-11-10-30-13-17-34-24-5-3-2-4-23(24)33-16-12-29-8-9-31-14-18-35-25;1-18-9-19(2)12-24(11-18)16-27-15-22-5-7-23(8-6-22)17-29-26(28)25-13-20(3)10-21(4)14-25;1-7(2,3,4,5)6/h2-7,20H,8-19H2,1H3,(H,27,28);5-14,27H,15-17H2,1-4H3;/q;;-1/p+1. The molecule has 0 bridgehead atoms. The zero-order valence-corrected chi connectivity index (χ0v) is 42.1. The molecule has 0 unspecified atom stereocenters. The summed E-state index contributed by atoms with van der Waals surface area (Å²) in [7, 11) is -10.7. The van der Waals surface area contributed by atoms with Crippen LogP contribution in [0.5, 0.6) is 23.0 Å². The minimum absolute atomic E-state index is 0.166. The second-order valence-electron chi connectivity index (χ2n) is 16.6. The Hall–Kier alpha value is -5.95. The van der Waals surface area contributed by atoms with Gasteiger partial charge in [0.2, 0.25) is 5.91 Å². The van der Waals surface area contributed by atoms with Crippen LogP contribution in [0, 0.1) is 27.7 Å². The second-order valence-corrected chi connectivity index (χ2v) is 18.5. The van der Waals surface area contributed by atoms with E-state index in [1.807, 2.05) is 68.4 Å². The number of hydrogen-bond acceptors (Lipinski definition) is 11. The molecule has 6 rings (SSSR count). The SMILES string of the molecule is CC(=O)Nc1ccc2c(c1)OCCOCCOCCOc1ccccc1OCCOCCOCCO2.Cc1cc(C)cc(C[NH2+]Cc2ccc(COC(=O)c3cc(C)cc(C)c3)cc2)c1.F[P-](F)(F)(F)(F)F. The van der Waals surface area contributed by atoms with Crippen molar-refractivity contribution in [2.24, 2.45) is 0 Å². The normalized spacial score (nSPS) is 15.3. The van der Waals surface area contributed by atoms with Gasteiger partial charge >= 0.3 is 39.0 Å². The van der Waals surface area contributed by atoms with E-state index in [1.54, 1.807) is 18.2 Å². The van der Waals surface area contributed by atoms with Gasteiger partial charge in [-0.3, -0.25) is 4.79 Å². The number of hydrogen-bond donors (Lipinski definition) is 2. The molecule has 0 spiro atoms. The first-order chi connectivity index (χ1) is 34.1. The molecule has 1 aliphatic rings. The fourth-order valence-electron chi connectivity index (χ4n) is 6.88. The second kappa shape index (κ2) is 28.3. The number of anilines is 1. The topological polar surface area (TPSA) is 146 Å². The van der Waals surface area contributed by atoms with Crippen molar-refractivity contribution in [3.8, 4) is 23.0 Å². The Bertz CT molecular complexity index is 2410. The number of benzene rings is 5. The maximum atomic E-state index is 12.3. The van der Waals surface area contributed by atoms with Crippen molar-refractivity contribution in [1.29, 1.82) is 0 Å². The van der Waals surface area contributed by atoms with E-state index in [-0.39, 0.29) is 11.9 Å². The number of quaternary nitrogens is 1. The third kappa shape index (κ3) is 27.0. The van der Waals surface area contributed by atoms with Crippen LogP contribution in [0.25, 0.3) is 0 Å².